The van der Waals surface area contributed by atoms with Crippen LogP contribution in [0.1, 0.15) is 26.7 Å². The second-order valence-electron chi connectivity index (χ2n) is 7.53. The van der Waals surface area contributed by atoms with Gasteiger partial charge < -0.3 is 10.2 Å². The maximum atomic E-state index is 12.0. The minimum Gasteiger partial charge on any atom is -0.355 e. The molecule has 3 fully saturated rings. The SMILES string of the molecule is CC(=O)N1CCN([C@@H]2CN(CC(=O)NCC3CC3)C[C@@H]2C)CC1. The molecule has 1 aliphatic carbocycles. The van der Waals surface area contributed by atoms with E-state index >= 15 is 0 Å². The zero-order valence-corrected chi connectivity index (χ0v) is 14.5. The molecule has 0 aromatic carbocycles. The number of rotatable bonds is 5. The Morgan fingerprint density at radius 1 is 1.09 bits per heavy atom. The van der Waals surface area contributed by atoms with E-state index in [0.717, 1.165) is 51.7 Å². The van der Waals surface area contributed by atoms with E-state index < -0.39 is 0 Å². The van der Waals surface area contributed by atoms with Crippen LogP contribution in [0.15, 0.2) is 0 Å². The molecule has 0 spiro atoms. The van der Waals surface area contributed by atoms with Crippen molar-refractivity contribution in [3.63, 3.8) is 0 Å². The summed E-state index contributed by atoms with van der Waals surface area (Å²) in [5.41, 5.74) is 0. The molecule has 2 amide bonds. The Hall–Kier alpha value is -1.14. The Morgan fingerprint density at radius 3 is 2.39 bits per heavy atom. The largest absolute Gasteiger partial charge is 0.355 e. The van der Waals surface area contributed by atoms with Crippen LogP contribution in [0.25, 0.3) is 0 Å². The third-order valence-corrected chi connectivity index (χ3v) is 5.53. The van der Waals surface area contributed by atoms with Crippen molar-refractivity contribution in [2.45, 2.75) is 32.7 Å². The summed E-state index contributed by atoms with van der Waals surface area (Å²) in [5, 5.41) is 3.06. The van der Waals surface area contributed by atoms with E-state index in [0.29, 0.717) is 18.5 Å². The number of likely N-dealkylation sites (tertiary alicyclic amines) is 1. The van der Waals surface area contributed by atoms with Gasteiger partial charge in [0.1, 0.15) is 0 Å². The van der Waals surface area contributed by atoms with Gasteiger partial charge in [-0.05, 0) is 24.7 Å². The molecule has 2 heterocycles. The average Bonchev–Trinajstić information content (AvgIpc) is 3.28. The Bertz CT molecular complexity index is 444. The fourth-order valence-corrected chi connectivity index (χ4v) is 3.86. The quantitative estimate of drug-likeness (QED) is 0.774. The third-order valence-electron chi connectivity index (χ3n) is 5.53. The summed E-state index contributed by atoms with van der Waals surface area (Å²) in [5.74, 6) is 1.67. The summed E-state index contributed by atoms with van der Waals surface area (Å²) in [6.45, 7) is 10.9. The smallest absolute Gasteiger partial charge is 0.234 e. The van der Waals surface area contributed by atoms with E-state index in [2.05, 4.69) is 22.0 Å². The lowest BCUT2D eigenvalue weighted by Crippen LogP contribution is -2.53. The van der Waals surface area contributed by atoms with Crippen molar-refractivity contribution in [1.29, 1.82) is 0 Å². The van der Waals surface area contributed by atoms with Crippen LogP contribution in [0.2, 0.25) is 0 Å². The predicted octanol–water partition coefficient (Wildman–Crippen LogP) is -0.00300. The normalized spacial score (nSPS) is 29.7. The van der Waals surface area contributed by atoms with E-state index in [4.69, 9.17) is 0 Å². The zero-order chi connectivity index (χ0) is 16.4. The number of amides is 2. The van der Waals surface area contributed by atoms with Gasteiger partial charge >= 0.3 is 0 Å². The molecule has 2 saturated heterocycles. The molecule has 6 heteroatoms. The first kappa shape index (κ1) is 16.7. The van der Waals surface area contributed by atoms with Crippen molar-refractivity contribution in [2.24, 2.45) is 11.8 Å². The van der Waals surface area contributed by atoms with Crippen LogP contribution < -0.4 is 5.32 Å². The third kappa shape index (κ3) is 4.44. The zero-order valence-electron chi connectivity index (χ0n) is 14.5. The summed E-state index contributed by atoms with van der Waals surface area (Å²) in [6, 6.07) is 0.514. The van der Waals surface area contributed by atoms with E-state index in [1.807, 2.05) is 4.90 Å². The van der Waals surface area contributed by atoms with Crippen LogP contribution in [-0.4, -0.2) is 84.9 Å². The Kier molecular flexibility index (Phi) is 5.21. The number of hydrogen-bond donors (Lipinski definition) is 1. The highest BCUT2D eigenvalue weighted by molar-refractivity contribution is 5.78. The molecule has 3 rings (SSSR count). The molecule has 0 unspecified atom stereocenters. The van der Waals surface area contributed by atoms with E-state index in [1.54, 1.807) is 6.92 Å². The molecule has 6 nitrogen and oxygen atoms in total. The second-order valence-corrected chi connectivity index (χ2v) is 7.53. The summed E-state index contributed by atoms with van der Waals surface area (Å²) >= 11 is 0. The van der Waals surface area contributed by atoms with E-state index in [-0.39, 0.29) is 11.8 Å². The lowest BCUT2D eigenvalue weighted by atomic mass is 10.0. The summed E-state index contributed by atoms with van der Waals surface area (Å²) in [4.78, 5) is 30.2. The van der Waals surface area contributed by atoms with E-state index in [9.17, 15) is 9.59 Å². The molecule has 130 valence electrons. The van der Waals surface area contributed by atoms with Crippen LogP contribution in [0.5, 0.6) is 0 Å². The van der Waals surface area contributed by atoms with Crippen molar-refractivity contribution < 1.29 is 9.59 Å². The highest BCUT2D eigenvalue weighted by Gasteiger charge is 2.36. The highest BCUT2D eigenvalue weighted by atomic mass is 16.2. The molecule has 3 aliphatic rings. The molecule has 23 heavy (non-hydrogen) atoms. The van der Waals surface area contributed by atoms with Crippen molar-refractivity contribution in [3.05, 3.63) is 0 Å². The van der Waals surface area contributed by atoms with Crippen molar-refractivity contribution in [1.82, 2.24) is 20.0 Å². The van der Waals surface area contributed by atoms with Crippen molar-refractivity contribution >= 4 is 11.8 Å². The van der Waals surface area contributed by atoms with Gasteiger partial charge in [-0.25, -0.2) is 0 Å². The summed E-state index contributed by atoms with van der Waals surface area (Å²) in [7, 11) is 0. The summed E-state index contributed by atoms with van der Waals surface area (Å²) in [6.07, 6.45) is 2.55. The minimum absolute atomic E-state index is 0.172. The first-order chi connectivity index (χ1) is 11.0. The van der Waals surface area contributed by atoms with Crippen LogP contribution in [-0.2, 0) is 9.59 Å². The van der Waals surface area contributed by atoms with Gasteiger partial charge in [-0.3, -0.25) is 19.4 Å². The Balaban J connectivity index is 1.42. The number of nitrogens with zero attached hydrogens (tertiary/aromatic N) is 3. The maximum Gasteiger partial charge on any atom is 0.234 e. The van der Waals surface area contributed by atoms with Crippen molar-refractivity contribution in [2.75, 3.05) is 52.4 Å². The van der Waals surface area contributed by atoms with Crippen LogP contribution in [0, 0.1) is 11.8 Å². The van der Waals surface area contributed by atoms with Crippen LogP contribution >= 0.6 is 0 Å². The molecule has 1 N–H and O–H groups in total. The highest BCUT2D eigenvalue weighted by Crippen LogP contribution is 2.27. The topological polar surface area (TPSA) is 55.9 Å². The van der Waals surface area contributed by atoms with Crippen molar-refractivity contribution in [3.8, 4) is 0 Å². The molecule has 2 atom stereocenters. The minimum atomic E-state index is 0.172. The molecular weight excluding hydrogens is 292 g/mol. The molecule has 1 saturated carbocycles. The Morgan fingerprint density at radius 2 is 1.78 bits per heavy atom. The van der Waals surface area contributed by atoms with Gasteiger partial charge in [-0.2, -0.15) is 0 Å². The number of hydrogen-bond acceptors (Lipinski definition) is 4. The lowest BCUT2D eigenvalue weighted by Gasteiger charge is -2.39. The standard InChI is InChI=1S/C17H30N4O2/c1-13-10-19(12-17(23)18-9-15-3-4-15)11-16(13)21-7-5-20(6-8-21)14(2)22/h13,15-16H,3-12H2,1-2H3,(H,18,23)/t13-,16+/m0/s1. The summed E-state index contributed by atoms with van der Waals surface area (Å²) < 4.78 is 0. The van der Waals surface area contributed by atoms with Gasteiger partial charge in [0.2, 0.25) is 11.8 Å². The van der Waals surface area contributed by atoms with Gasteiger partial charge in [-0.1, -0.05) is 6.92 Å². The van der Waals surface area contributed by atoms with Crippen LogP contribution in [0.4, 0.5) is 0 Å². The Labute approximate surface area is 139 Å². The lowest BCUT2D eigenvalue weighted by molar-refractivity contribution is -0.131. The van der Waals surface area contributed by atoms with Gasteiger partial charge in [-0.15, -0.1) is 0 Å². The fraction of sp³-hybridized carbons (Fsp3) is 0.882. The molecular formula is C17H30N4O2. The molecule has 0 radical (unpaired) electrons. The predicted molar refractivity (Wildman–Crippen MR) is 89.0 cm³/mol. The molecule has 0 bridgehead atoms. The number of carbonyl (C=O) groups is 2. The molecule has 2 aliphatic heterocycles. The van der Waals surface area contributed by atoms with Gasteiger partial charge in [0, 0.05) is 58.8 Å². The number of nitrogens with one attached hydrogen (secondary N) is 1. The molecule has 0 aromatic rings. The van der Waals surface area contributed by atoms with E-state index in [1.165, 1.54) is 12.8 Å². The second kappa shape index (κ2) is 7.18. The average molecular weight is 322 g/mol. The first-order valence-corrected chi connectivity index (χ1v) is 9.01. The first-order valence-electron chi connectivity index (χ1n) is 9.01. The maximum absolute atomic E-state index is 12.0. The number of piperazine rings is 1. The van der Waals surface area contributed by atoms with Gasteiger partial charge in [0.25, 0.3) is 0 Å². The fourth-order valence-electron chi connectivity index (χ4n) is 3.86. The molecule has 0 aromatic heterocycles. The van der Waals surface area contributed by atoms with Gasteiger partial charge in [0.15, 0.2) is 0 Å². The van der Waals surface area contributed by atoms with Crippen LogP contribution in [0.3, 0.4) is 0 Å². The monoisotopic (exact) mass is 322 g/mol. The number of carbonyl (C=O) groups excluding carboxylic acids is 2. The van der Waals surface area contributed by atoms with Gasteiger partial charge in [0.05, 0.1) is 6.54 Å².